The van der Waals surface area contributed by atoms with Crippen LogP contribution in [0, 0.1) is 0 Å². The molecule has 0 bridgehead atoms. The van der Waals surface area contributed by atoms with Crippen molar-refractivity contribution in [2.45, 2.75) is 61.1 Å². The zero-order chi connectivity index (χ0) is 13.5. The molecule has 3 N–H and O–H groups in total. The summed E-state index contributed by atoms with van der Waals surface area (Å²) in [6, 6.07) is 0.363. The van der Waals surface area contributed by atoms with Crippen molar-refractivity contribution < 1.29 is 8.42 Å². The Labute approximate surface area is 117 Å². The van der Waals surface area contributed by atoms with E-state index in [1.807, 2.05) is 0 Å². The van der Waals surface area contributed by atoms with Crippen molar-refractivity contribution in [3.05, 3.63) is 0 Å². The average molecular weight is 301 g/mol. The summed E-state index contributed by atoms with van der Waals surface area (Å²) in [5, 5.41) is 3.77. The quantitative estimate of drug-likeness (QED) is 0.892. The second-order valence-corrected chi connectivity index (χ2v) is 8.39. The van der Waals surface area contributed by atoms with Crippen LogP contribution in [0.4, 0.5) is 10.8 Å². The van der Waals surface area contributed by atoms with Gasteiger partial charge in [-0.15, -0.1) is 0 Å². The zero-order valence-corrected chi connectivity index (χ0v) is 12.4. The van der Waals surface area contributed by atoms with Crippen LogP contribution in [0.25, 0.3) is 0 Å². The van der Waals surface area contributed by atoms with Gasteiger partial charge >= 0.3 is 0 Å². The fraction of sp³-hybridized carbons (Fsp3) is 0.750. The topological polar surface area (TPSA) is 85.1 Å². The Morgan fingerprint density at radius 2 is 1.84 bits per heavy atom. The number of nitrogens with two attached hydrogens (primary N) is 1. The summed E-state index contributed by atoms with van der Waals surface area (Å²) >= 11 is 1.18. The molecule has 1 aromatic rings. The maximum Gasteiger partial charge on any atom is 0.187 e. The predicted octanol–water partition coefficient (Wildman–Crippen LogP) is 2.41. The van der Waals surface area contributed by atoms with Gasteiger partial charge in [0, 0.05) is 6.04 Å². The van der Waals surface area contributed by atoms with Gasteiger partial charge in [-0.25, -0.2) is 8.42 Å². The Morgan fingerprint density at radius 3 is 2.47 bits per heavy atom. The first-order chi connectivity index (χ1) is 9.09. The third-order valence-electron chi connectivity index (χ3n) is 3.86. The molecule has 106 valence electrons. The van der Waals surface area contributed by atoms with E-state index >= 15 is 0 Å². The highest BCUT2D eigenvalue weighted by molar-refractivity contribution is 7.92. The molecule has 19 heavy (non-hydrogen) atoms. The molecule has 0 unspecified atom stereocenters. The summed E-state index contributed by atoms with van der Waals surface area (Å²) in [6.07, 6.45) is 7.38. The molecule has 7 heteroatoms. The van der Waals surface area contributed by atoms with Crippen molar-refractivity contribution in [1.82, 2.24) is 4.37 Å². The Morgan fingerprint density at radius 1 is 1.16 bits per heavy atom. The highest BCUT2D eigenvalue weighted by atomic mass is 32.2. The van der Waals surface area contributed by atoms with Gasteiger partial charge in [0.15, 0.2) is 15.7 Å². The standard InChI is InChI=1S/C12H19N3O2S2/c13-11-10(19(16,17)9-6-7-9)12(18-15-11)14-8-4-2-1-3-5-8/h8-9,14H,1-7H2,(H2,13,15). The summed E-state index contributed by atoms with van der Waals surface area (Å²) < 4.78 is 28.8. The molecule has 0 atom stereocenters. The number of nitrogens with one attached hydrogen (secondary N) is 1. The minimum atomic E-state index is -3.27. The van der Waals surface area contributed by atoms with Gasteiger partial charge in [0.25, 0.3) is 0 Å². The Kier molecular flexibility index (Phi) is 3.42. The van der Waals surface area contributed by atoms with Crippen LogP contribution >= 0.6 is 11.5 Å². The van der Waals surface area contributed by atoms with E-state index in [4.69, 9.17) is 5.73 Å². The summed E-state index contributed by atoms with van der Waals surface area (Å²) in [5.74, 6) is 0.162. The predicted molar refractivity (Wildman–Crippen MR) is 77.2 cm³/mol. The number of hydrogen-bond acceptors (Lipinski definition) is 6. The fourth-order valence-corrected chi connectivity index (χ4v) is 5.59. The van der Waals surface area contributed by atoms with Gasteiger partial charge in [0.1, 0.15) is 9.90 Å². The normalized spacial score (nSPS) is 21.5. The van der Waals surface area contributed by atoms with Crippen molar-refractivity contribution in [1.29, 1.82) is 0 Å². The van der Waals surface area contributed by atoms with Gasteiger partial charge in [0.05, 0.1) is 5.25 Å². The lowest BCUT2D eigenvalue weighted by Gasteiger charge is -2.23. The minimum absolute atomic E-state index is 0.162. The number of rotatable bonds is 4. The van der Waals surface area contributed by atoms with Crippen molar-refractivity contribution in [3.63, 3.8) is 0 Å². The van der Waals surface area contributed by atoms with Crippen LogP contribution in [0.1, 0.15) is 44.9 Å². The van der Waals surface area contributed by atoms with Gasteiger partial charge < -0.3 is 11.1 Å². The highest BCUT2D eigenvalue weighted by Gasteiger charge is 2.41. The molecule has 0 radical (unpaired) electrons. The monoisotopic (exact) mass is 301 g/mol. The molecule has 1 heterocycles. The molecule has 0 aromatic carbocycles. The summed E-state index contributed by atoms with van der Waals surface area (Å²) in [7, 11) is -3.27. The van der Waals surface area contributed by atoms with Gasteiger partial charge in [0.2, 0.25) is 0 Å². The molecule has 2 saturated carbocycles. The van der Waals surface area contributed by atoms with E-state index in [9.17, 15) is 8.42 Å². The largest absolute Gasteiger partial charge is 0.382 e. The van der Waals surface area contributed by atoms with Crippen LogP contribution in [0.15, 0.2) is 4.90 Å². The Hall–Kier alpha value is -0.820. The van der Waals surface area contributed by atoms with Crippen LogP contribution in [0.2, 0.25) is 0 Å². The van der Waals surface area contributed by atoms with E-state index < -0.39 is 9.84 Å². The van der Waals surface area contributed by atoms with Crippen LogP contribution in [-0.4, -0.2) is 24.1 Å². The molecular weight excluding hydrogens is 282 g/mol. The van der Waals surface area contributed by atoms with E-state index in [-0.39, 0.29) is 16.0 Å². The second-order valence-electron chi connectivity index (χ2n) is 5.45. The lowest BCUT2D eigenvalue weighted by atomic mass is 9.96. The molecule has 1 aromatic heterocycles. The lowest BCUT2D eigenvalue weighted by molar-refractivity contribution is 0.463. The van der Waals surface area contributed by atoms with E-state index in [0.29, 0.717) is 11.0 Å². The molecule has 0 aliphatic heterocycles. The molecule has 0 spiro atoms. The zero-order valence-electron chi connectivity index (χ0n) is 10.8. The van der Waals surface area contributed by atoms with Crippen molar-refractivity contribution in [3.8, 4) is 0 Å². The molecule has 3 rings (SSSR count). The van der Waals surface area contributed by atoms with Gasteiger partial charge in [-0.1, -0.05) is 19.3 Å². The second kappa shape index (κ2) is 4.94. The minimum Gasteiger partial charge on any atom is -0.382 e. The maximum absolute atomic E-state index is 12.4. The van der Waals surface area contributed by atoms with Crippen LogP contribution in [0.5, 0.6) is 0 Å². The van der Waals surface area contributed by atoms with Crippen LogP contribution in [0.3, 0.4) is 0 Å². The third-order valence-corrected chi connectivity index (χ3v) is 7.12. The lowest BCUT2D eigenvalue weighted by Crippen LogP contribution is -2.23. The molecular formula is C12H19N3O2S2. The van der Waals surface area contributed by atoms with Crippen molar-refractivity contribution in [2.75, 3.05) is 11.1 Å². The van der Waals surface area contributed by atoms with E-state index in [1.54, 1.807) is 0 Å². The number of anilines is 2. The molecule has 2 fully saturated rings. The molecule has 2 aliphatic rings. The molecule has 5 nitrogen and oxygen atoms in total. The first-order valence-electron chi connectivity index (χ1n) is 6.84. The molecule has 0 saturated heterocycles. The molecule has 2 aliphatic carbocycles. The number of nitrogens with zero attached hydrogens (tertiary/aromatic N) is 1. The Bertz CT molecular complexity index is 558. The summed E-state index contributed by atoms with van der Waals surface area (Å²) in [5.41, 5.74) is 5.78. The van der Waals surface area contributed by atoms with E-state index in [1.165, 1.54) is 30.8 Å². The first-order valence-corrected chi connectivity index (χ1v) is 9.16. The summed E-state index contributed by atoms with van der Waals surface area (Å²) in [4.78, 5) is 0.255. The van der Waals surface area contributed by atoms with Crippen molar-refractivity contribution >= 4 is 32.2 Å². The maximum atomic E-state index is 12.4. The summed E-state index contributed by atoms with van der Waals surface area (Å²) in [6.45, 7) is 0. The Balaban J connectivity index is 1.85. The van der Waals surface area contributed by atoms with E-state index in [2.05, 4.69) is 9.69 Å². The number of hydrogen-bond donors (Lipinski definition) is 2. The van der Waals surface area contributed by atoms with Crippen LogP contribution in [-0.2, 0) is 9.84 Å². The van der Waals surface area contributed by atoms with Crippen molar-refractivity contribution in [2.24, 2.45) is 0 Å². The highest BCUT2D eigenvalue weighted by Crippen LogP contribution is 2.41. The fourth-order valence-electron chi connectivity index (χ4n) is 2.64. The average Bonchev–Trinajstić information content (AvgIpc) is 3.17. The van der Waals surface area contributed by atoms with E-state index in [0.717, 1.165) is 25.7 Å². The number of nitrogen functional groups attached to an aromatic ring is 1. The first kappa shape index (κ1) is 13.2. The molecule has 0 amide bonds. The van der Waals surface area contributed by atoms with Crippen LogP contribution < -0.4 is 11.1 Å². The van der Waals surface area contributed by atoms with Gasteiger partial charge in [-0.2, -0.15) is 4.37 Å². The third kappa shape index (κ3) is 2.58. The van der Waals surface area contributed by atoms with Gasteiger partial charge in [-0.3, -0.25) is 0 Å². The van der Waals surface area contributed by atoms with Gasteiger partial charge in [-0.05, 0) is 37.2 Å². The number of aromatic nitrogens is 1. The number of sulfone groups is 1. The smallest absolute Gasteiger partial charge is 0.187 e. The SMILES string of the molecule is Nc1nsc(NC2CCCCC2)c1S(=O)(=O)C1CC1.